The van der Waals surface area contributed by atoms with E-state index < -0.39 is 5.92 Å². The smallest absolute Gasteiger partial charge is 0.248 e. The summed E-state index contributed by atoms with van der Waals surface area (Å²) < 4.78 is 26.9. The highest BCUT2D eigenvalue weighted by atomic mass is 79.9. The van der Waals surface area contributed by atoms with Gasteiger partial charge in [-0.1, -0.05) is 0 Å². The number of thiophene rings is 1. The maximum Gasteiger partial charge on any atom is 0.248 e. The zero-order valence-electron chi connectivity index (χ0n) is 9.72. The molecule has 2 rings (SSSR count). The van der Waals surface area contributed by atoms with Crippen LogP contribution in [0.3, 0.4) is 0 Å². The van der Waals surface area contributed by atoms with E-state index in [9.17, 15) is 13.6 Å². The maximum absolute atomic E-state index is 13.0. The molecule has 0 bridgehead atoms. The van der Waals surface area contributed by atoms with E-state index in [1.54, 1.807) is 11.3 Å². The van der Waals surface area contributed by atoms with E-state index in [2.05, 4.69) is 21.2 Å². The van der Waals surface area contributed by atoms with Crippen LogP contribution in [0.15, 0.2) is 15.9 Å². The van der Waals surface area contributed by atoms with Gasteiger partial charge in [0.1, 0.15) is 0 Å². The number of amides is 1. The molecule has 1 aromatic rings. The van der Waals surface area contributed by atoms with Crippen molar-refractivity contribution in [1.29, 1.82) is 0 Å². The lowest BCUT2D eigenvalue weighted by Crippen LogP contribution is -2.35. The SMILES string of the molecule is O=C(NCc1ccc(Br)s1)C1CCC(F)(F)CC1. The Labute approximate surface area is 117 Å². The minimum absolute atomic E-state index is 0.102. The molecule has 1 aliphatic rings. The lowest BCUT2D eigenvalue weighted by molar-refractivity contribution is -0.129. The number of hydrogen-bond donors (Lipinski definition) is 1. The second kappa shape index (κ2) is 5.65. The van der Waals surface area contributed by atoms with Crippen LogP contribution in [0.4, 0.5) is 8.78 Å². The van der Waals surface area contributed by atoms with E-state index in [1.807, 2.05) is 12.1 Å². The Kier molecular flexibility index (Phi) is 4.37. The highest BCUT2D eigenvalue weighted by Crippen LogP contribution is 2.36. The van der Waals surface area contributed by atoms with Crippen LogP contribution in [-0.2, 0) is 11.3 Å². The lowest BCUT2D eigenvalue weighted by Gasteiger charge is -2.27. The van der Waals surface area contributed by atoms with Gasteiger partial charge in [-0.25, -0.2) is 8.78 Å². The van der Waals surface area contributed by atoms with Gasteiger partial charge in [-0.05, 0) is 40.9 Å². The summed E-state index contributed by atoms with van der Waals surface area (Å²) in [6.45, 7) is 0.474. The number of carbonyl (C=O) groups is 1. The van der Waals surface area contributed by atoms with Gasteiger partial charge in [-0.2, -0.15) is 0 Å². The first-order chi connectivity index (χ1) is 8.46. The summed E-state index contributed by atoms with van der Waals surface area (Å²) >= 11 is 4.91. The first kappa shape index (κ1) is 13.9. The van der Waals surface area contributed by atoms with Crippen LogP contribution in [0.25, 0.3) is 0 Å². The number of rotatable bonds is 3. The van der Waals surface area contributed by atoms with Crippen molar-refractivity contribution in [2.45, 2.75) is 38.2 Å². The minimum Gasteiger partial charge on any atom is -0.351 e. The molecule has 0 spiro atoms. The van der Waals surface area contributed by atoms with Gasteiger partial charge in [0, 0.05) is 23.6 Å². The number of nitrogens with one attached hydrogen (secondary N) is 1. The van der Waals surface area contributed by atoms with Gasteiger partial charge in [0.05, 0.1) is 10.3 Å². The fourth-order valence-electron chi connectivity index (χ4n) is 2.07. The maximum atomic E-state index is 13.0. The fraction of sp³-hybridized carbons (Fsp3) is 0.583. The van der Waals surface area contributed by atoms with Gasteiger partial charge < -0.3 is 5.32 Å². The molecule has 1 N–H and O–H groups in total. The molecule has 0 aliphatic heterocycles. The quantitative estimate of drug-likeness (QED) is 0.888. The number of halogens is 3. The third-order valence-electron chi connectivity index (χ3n) is 3.15. The Morgan fingerprint density at radius 3 is 2.67 bits per heavy atom. The first-order valence-corrected chi connectivity index (χ1v) is 7.47. The minimum atomic E-state index is -2.57. The molecule has 0 unspecified atom stereocenters. The van der Waals surface area contributed by atoms with Gasteiger partial charge in [-0.15, -0.1) is 11.3 Å². The molecular formula is C12H14BrF2NOS. The second-order valence-corrected chi connectivity index (χ2v) is 7.10. The van der Waals surface area contributed by atoms with E-state index in [4.69, 9.17) is 0 Å². The monoisotopic (exact) mass is 337 g/mol. The Hall–Kier alpha value is -0.490. The molecule has 1 saturated carbocycles. The molecule has 1 heterocycles. The average molecular weight is 338 g/mol. The molecule has 0 aromatic carbocycles. The Bertz CT molecular complexity index is 425. The zero-order valence-corrected chi connectivity index (χ0v) is 12.1. The Morgan fingerprint density at radius 1 is 1.44 bits per heavy atom. The topological polar surface area (TPSA) is 29.1 Å². The van der Waals surface area contributed by atoms with Crippen LogP contribution in [0.1, 0.15) is 30.6 Å². The Balaban J connectivity index is 1.79. The first-order valence-electron chi connectivity index (χ1n) is 5.86. The predicted octanol–water partition coefficient (Wildman–Crippen LogP) is 3.95. The molecule has 18 heavy (non-hydrogen) atoms. The summed E-state index contributed by atoms with van der Waals surface area (Å²) in [6, 6.07) is 3.86. The van der Waals surface area contributed by atoms with Crippen molar-refractivity contribution in [3.63, 3.8) is 0 Å². The number of alkyl halides is 2. The van der Waals surface area contributed by atoms with Gasteiger partial charge in [0.2, 0.25) is 11.8 Å². The van der Waals surface area contributed by atoms with E-state index in [1.165, 1.54) is 0 Å². The third-order valence-corrected chi connectivity index (χ3v) is 4.78. The van der Waals surface area contributed by atoms with Crippen molar-refractivity contribution in [3.05, 3.63) is 20.8 Å². The lowest BCUT2D eigenvalue weighted by atomic mass is 9.86. The summed E-state index contributed by atoms with van der Waals surface area (Å²) in [5.41, 5.74) is 0. The fourth-order valence-corrected chi connectivity index (χ4v) is 3.49. The number of hydrogen-bond acceptors (Lipinski definition) is 2. The normalized spacial score (nSPS) is 19.7. The summed E-state index contributed by atoms with van der Waals surface area (Å²) in [5, 5.41) is 2.82. The molecule has 0 radical (unpaired) electrons. The summed E-state index contributed by atoms with van der Waals surface area (Å²) in [7, 11) is 0. The van der Waals surface area contributed by atoms with Crippen molar-refractivity contribution in [2.75, 3.05) is 0 Å². The molecule has 1 aliphatic carbocycles. The van der Waals surface area contributed by atoms with Gasteiger partial charge in [0.15, 0.2) is 0 Å². The van der Waals surface area contributed by atoms with E-state index in [0.29, 0.717) is 6.54 Å². The van der Waals surface area contributed by atoms with Crippen LogP contribution in [-0.4, -0.2) is 11.8 Å². The largest absolute Gasteiger partial charge is 0.351 e. The van der Waals surface area contributed by atoms with E-state index in [0.717, 1.165) is 8.66 Å². The van der Waals surface area contributed by atoms with Crippen molar-refractivity contribution < 1.29 is 13.6 Å². The van der Waals surface area contributed by atoms with Crippen LogP contribution in [0.5, 0.6) is 0 Å². The van der Waals surface area contributed by atoms with Crippen molar-refractivity contribution >= 4 is 33.2 Å². The summed E-state index contributed by atoms with van der Waals surface area (Å²) in [5.74, 6) is -2.93. The summed E-state index contributed by atoms with van der Waals surface area (Å²) in [4.78, 5) is 12.9. The van der Waals surface area contributed by atoms with Gasteiger partial charge in [0.25, 0.3) is 0 Å². The molecule has 6 heteroatoms. The second-order valence-electron chi connectivity index (χ2n) is 4.55. The average Bonchev–Trinajstić information content (AvgIpc) is 2.72. The van der Waals surface area contributed by atoms with Crippen molar-refractivity contribution in [3.8, 4) is 0 Å². The molecule has 1 amide bonds. The molecule has 1 fully saturated rings. The van der Waals surface area contributed by atoms with Gasteiger partial charge in [-0.3, -0.25) is 4.79 Å². The van der Waals surface area contributed by atoms with Crippen molar-refractivity contribution in [2.24, 2.45) is 5.92 Å². The van der Waals surface area contributed by atoms with Crippen LogP contribution in [0.2, 0.25) is 0 Å². The standard InChI is InChI=1S/C12H14BrF2NOS/c13-10-2-1-9(18-10)7-16-11(17)8-3-5-12(14,15)6-4-8/h1-2,8H,3-7H2,(H,16,17). The molecular weight excluding hydrogens is 324 g/mol. The van der Waals surface area contributed by atoms with Gasteiger partial charge >= 0.3 is 0 Å². The molecule has 1 aromatic heterocycles. The van der Waals surface area contributed by atoms with Crippen molar-refractivity contribution in [1.82, 2.24) is 5.32 Å². The molecule has 100 valence electrons. The van der Waals surface area contributed by atoms with Crippen LogP contribution in [0, 0.1) is 5.92 Å². The Morgan fingerprint density at radius 2 is 2.11 bits per heavy atom. The van der Waals surface area contributed by atoms with E-state index in [-0.39, 0.29) is 37.5 Å². The predicted molar refractivity (Wildman–Crippen MR) is 70.8 cm³/mol. The summed E-state index contributed by atoms with van der Waals surface area (Å²) in [6.07, 6.45) is 0.227. The molecule has 0 saturated heterocycles. The number of carbonyl (C=O) groups excluding carboxylic acids is 1. The van der Waals surface area contributed by atoms with Crippen LogP contribution < -0.4 is 5.32 Å². The third kappa shape index (κ3) is 3.75. The van der Waals surface area contributed by atoms with E-state index >= 15 is 0 Å². The molecule has 0 atom stereocenters. The zero-order chi connectivity index (χ0) is 13.2. The molecule has 2 nitrogen and oxygen atoms in total. The van der Waals surface area contributed by atoms with Crippen LogP contribution >= 0.6 is 27.3 Å². The highest BCUT2D eigenvalue weighted by molar-refractivity contribution is 9.11. The highest BCUT2D eigenvalue weighted by Gasteiger charge is 2.37.